The highest BCUT2D eigenvalue weighted by Crippen LogP contribution is 2.37. The fraction of sp³-hybridized carbons (Fsp3) is 0.0800. The number of hydrogen-bond donors (Lipinski definition) is 1. The molecule has 0 bridgehead atoms. The Balaban J connectivity index is 1.31. The molecule has 1 heterocycles. The predicted molar refractivity (Wildman–Crippen MR) is 118 cm³/mol. The van der Waals surface area contributed by atoms with Crippen LogP contribution in [0.15, 0.2) is 84.2 Å². The third kappa shape index (κ3) is 3.55. The molecule has 29 heavy (non-hydrogen) atoms. The van der Waals surface area contributed by atoms with Gasteiger partial charge in [0.2, 0.25) is 0 Å². The van der Waals surface area contributed by atoms with Gasteiger partial charge in [-0.3, -0.25) is 4.79 Å². The Labute approximate surface area is 173 Å². The van der Waals surface area contributed by atoms with Gasteiger partial charge in [-0.25, -0.2) is 0 Å². The molecule has 4 heteroatoms. The van der Waals surface area contributed by atoms with Crippen LogP contribution in [0.1, 0.15) is 26.4 Å². The van der Waals surface area contributed by atoms with Gasteiger partial charge in [0.15, 0.2) is 0 Å². The molecule has 0 fully saturated rings. The average Bonchev–Trinajstić information content (AvgIpc) is 3.37. The van der Waals surface area contributed by atoms with E-state index in [0.717, 1.165) is 17.7 Å². The SMILES string of the molecule is O=C(Nc1ccc2c(c1)Cc1ccccc1-2)c1sccc1OCc1ccccc1. The predicted octanol–water partition coefficient (Wildman–Crippen LogP) is 6.15. The van der Waals surface area contributed by atoms with Gasteiger partial charge >= 0.3 is 0 Å². The van der Waals surface area contributed by atoms with Crippen LogP contribution in [0.2, 0.25) is 0 Å². The normalized spacial score (nSPS) is 11.6. The molecule has 3 aromatic carbocycles. The van der Waals surface area contributed by atoms with Crippen molar-refractivity contribution in [2.75, 3.05) is 5.32 Å². The van der Waals surface area contributed by atoms with Gasteiger partial charge in [-0.15, -0.1) is 11.3 Å². The smallest absolute Gasteiger partial charge is 0.269 e. The molecule has 0 atom stereocenters. The van der Waals surface area contributed by atoms with Crippen LogP contribution in [0.5, 0.6) is 5.75 Å². The largest absolute Gasteiger partial charge is 0.487 e. The average molecular weight is 397 g/mol. The number of anilines is 1. The van der Waals surface area contributed by atoms with E-state index in [4.69, 9.17) is 4.74 Å². The van der Waals surface area contributed by atoms with E-state index in [1.807, 2.05) is 47.8 Å². The van der Waals surface area contributed by atoms with Crippen molar-refractivity contribution in [3.63, 3.8) is 0 Å². The molecule has 0 radical (unpaired) electrons. The van der Waals surface area contributed by atoms with E-state index >= 15 is 0 Å². The minimum atomic E-state index is -0.140. The molecule has 1 aliphatic carbocycles. The quantitative estimate of drug-likeness (QED) is 0.386. The second kappa shape index (κ2) is 7.57. The van der Waals surface area contributed by atoms with Crippen molar-refractivity contribution in [2.45, 2.75) is 13.0 Å². The molecule has 5 rings (SSSR count). The van der Waals surface area contributed by atoms with Gasteiger partial charge in [-0.1, -0.05) is 60.7 Å². The number of benzene rings is 3. The lowest BCUT2D eigenvalue weighted by atomic mass is 10.1. The number of hydrogen-bond acceptors (Lipinski definition) is 3. The molecule has 0 saturated heterocycles. The van der Waals surface area contributed by atoms with Gasteiger partial charge in [0, 0.05) is 5.69 Å². The van der Waals surface area contributed by atoms with Gasteiger partial charge in [-0.2, -0.15) is 0 Å². The third-order valence-corrected chi connectivity index (χ3v) is 6.02. The first kappa shape index (κ1) is 17.7. The maximum Gasteiger partial charge on any atom is 0.269 e. The Kier molecular flexibility index (Phi) is 4.62. The van der Waals surface area contributed by atoms with Crippen LogP contribution >= 0.6 is 11.3 Å². The summed E-state index contributed by atoms with van der Waals surface area (Å²) in [6.07, 6.45) is 0.902. The monoisotopic (exact) mass is 397 g/mol. The van der Waals surface area contributed by atoms with E-state index in [9.17, 15) is 4.79 Å². The van der Waals surface area contributed by atoms with Crippen molar-refractivity contribution in [2.24, 2.45) is 0 Å². The second-order valence-electron chi connectivity index (χ2n) is 7.05. The standard InChI is InChI=1S/C25H19NO2S/c27-25(24-23(12-13-29-24)28-16-17-6-2-1-3-7-17)26-20-10-11-22-19(15-20)14-18-8-4-5-9-21(18)22/h1-13,15H,14,16H2,(H,26,27). The maximum absolute atomic E-state index is 12.8. The van der Waals surface area contributed by atoms with Crippen molar-refractivity contribution in [3.05, 3.63) is 106 Å². The molecule has 1 N–H and O–H groups in total. The number of thiophene rings is 1. The van der Waals surface area contributed by atoms with Gasteiger partial charge in [0.1, 0.15) is 17.2 Å². The Morgan fingerprint density at radius 2 is 1.69 bits per heavy atom. The number of ether oxygens (including phenoxy) is 1. The van der Waals surface area contributed by atoms with Crippen molar-refractivity contribution in [1.82, 2.24) is 0 Å². The van der Waals surface area contributed by atoms with Crippen molar-refractivity contribution in [3.8, 4) is 16.9 Å². The van der Waals surface area contributed by atoms with Crippen LogP contribution in [0.4, 0.5) is 5.69 Å². The molecule has 1 aliphatic rings. The molecule has 3 nitrogen and oxygen atoms in total. The van der Waals surface area contributed by atoms with Crippen LogP contribution < -0.4 is 10.1 Å². The fourth-order valence-corrected chi connectivity index (χ4v) is 4.45. The molecule has 0 saturated carbocycles. The first-order valence-corrected chi connectivity index (χ1v) is 10.4. The van der Waals surface area contributed by atoms with Gasteiger partial charge in [0.05, 0.1) is 0 Å². The molecule has 1 amide bonds. The zero-order chi connectivity index (χ0) is 19.6. The van der Waals surface area contributed by atoms with Crippen molar-refractivity contribution < 1.29 is 9.53 Å². The van der Waals surface area contributed by atoms with Crippen molar-refractivity contribution >= 4 is 22.9 Å². The molecule has 0 unspecified atom stereocenters. The zero-order valence-corrected chi connectivity index (χ0v) is 16.5. The number of fused-ring (bicyclic) bond motifs is 3. The lowest BCUT2D eigenvalue weighted by molar-refractivity contribution is 0.102. The number of carbonyl (C=O) groups is 1. The summed E-state index contributed by atoms with van der Waals surface area (Å²) in [6, 6.07) is 26.4. The molecule has 142 valence electrons. The second-order valence-corrected chi connectivity index (χ2v) is 7.96. The maximum atomic E-state index is 12.8. The summed E-state index contributed by atoms with van der Waals surface area (Å²) in [5, 5.41) is 4.91. The summed E-state index contributed by atoms with van der Waals surface area (Å²) >= 11 is 1.39. The Hall–Kier alpha value is -3.37. The molecular weight excluding hydrogens is 378 g/mol. The Morgan fingerprint density at radius 3 is 2.59 bits per heavy atom. The number of amides is 1. The van der Waals surface area contributed by atoms with E-state index in [0.29, 0.717) is 17.2 Å². The first-order chi connectivity index (χ1) is 14.3. The summed E-state index contributed by atoms with van der Waals surface area (Å²) in [7, 11) is 0. The highest BCUT2D eigenvalue weighted by molar-refractivity contribution is 7.12. The van der Waals surface area contributed by atoms with E-state index in [1.165, 1.54) is 33.6 Å². The minimum Gasteiger partial charge on any atom is -0.487 e. The summed E-state index contributed by atoms with van der Waals surface area (Å²) < 4.78 is 5.89. The molecule has 4 aromatic rings. The van der Waals surface area contributed by atoms with Crippen LogP contribution in [-0.2, 0) is 13.0 Å². The van der Waals surface area contributed by atoms with E-state index in [1.54, 1.807) is 0 Å². The summed E-state index contributed by atoms with van der Waals surface area (Å²) in [6.45, 7) is 0.439. The van der Waals surface area contributed by atoms with Gasteiger partial charge in [0.25, 0.3) is 5.91 Å². The van der Waals surface area contributed by atoms with E-state index in [2.05, 4.69) is 41.7 Å². The lowest BCUT2D eigenvalue weighted by Crippen LogP contribution is -2.12. The zero-order valence-electron chi connectivity index (χ0n) is 15.7. The van der Waals surface area contributed by atoms with Gasteiger partial charge < -0.3 is 10.1 Å². The Bertz CT molecular complexity index is 1180. The van der Waals surface area contributed by atoms with Crippen LogP contribution in [-0.4, -0.2) is 5.91 Å². The topological polar surface area (TPSA) is 38.3 Å². The minimum absolute atomic E-state index is 0.140. The van der Waals surface area contributed by atoms with Crippen LogP contribution in [0.25, 0.3) is 11.1 Å². The van der Waals surface area contributed by atoms with E-state index in [-0.39, 0.29) is 5.91 Å². The molecule has 0 aliphatic heterocycles. The highest BCUT2D eigenvalue weighted by Gasteiger charge is 2.19. The summed E-state index contributed by atoms with van der Waals surface area (Å²) in [5.74, 6) is 0.475. The number of carbonyl (C=O) groups excluding carboxylic acids is 1. The molecule has 0 spiro atoms. The van der Waals surface area contributed by atoms with Gasteiger partial charge in [-0.05, 0) is 57.8 Å². The number of nitrogens with one attached hydrogen (secondary N) is 1. The highest BCUT2D eigenvalue weighted by atomic mass is 32.1. The number of rotatable bonds is 5. The van der Waals surface area contributed by atoms with Crippen LogP contribution in [0.3, 0.4) is 0 Å². The lowest BCUT2D eigenvalue weighted by Gasteiger charge is -2.09. The summed E-state index contributed by atoms with van der Waals surface area (Å²) in [4.78, 5) is 13.4. The Morgan fingerprint density at radius 1 is 0.897 bits per heavy atom. The van der Waals surface area contributed by atoms with E-state index < -0.39 is 0 Å². The molecular formula is C25H19NO2S. The first-order valence-electron chi connectivity index (χ1n) is 9.55. The molecule has 1 aromatic heterocycles. The van der Waals surface area contributed by atoms with Crippen LogP contribution in [0, 0.1) is 0 Å². The van der Waals surface area contributed by atoms with Crippen molar-refractivity contribution in [1.29, 1.82) is 0 Å². The summed E-state index contributed by atoms with van der Waals surface area (Å²) in [5.41, 5.74) is 7.00. The third-order valence-electron chi connectivity index (χ3n) is 5.12. The fourth-order valence-electron chi connectivity index (χ4n) is 3.72.